The minimum Gasteiger partial charge on any atom is -0.383 e. The maximum absolute atomic E-state index is 12.7. The van der Waals surface area contributed by atoms with E-state index in [1.807, 2.05) is 13.8 Å². The molecule has 0 saturated carbocycles. The molecule has 8 heteroatoms. The fraction of sp³-hybridized carbons (Fsp3) is 0.571. The van der Waals surface area contributed by atoms with E-state index in [-0.39, 0.29) is 30.2 Å². The summed E-state index contributed by atoms with van der Waals surface area (Å²) < 4.78 is 10.4. The zero-order valence-electron chi connectivity index (χ0n) is 17.4. The molecule has 1 aromatic carbocycles. The number of hydrogen-bond donors (Lipinski definition) is 2. The van der Waals surface area contributed by atoms with Gasteiger partial charge in [-0.1, -0.05) is 12.1 Å². The number of rotatable bonds is 11. The van der Waals surface area contributed by atoms with Crippen LogP contribution in [0.2, 0.25) is 0 Å². The molecule has 29 heavy (non-hydrogen) atoms. The molecule has 1 aromatic rings. The molecule has 1 fully saturated rings. The third-order valence-electron chi connectivity index (χ3n) is 4.85. The first-order valence-electron chi connectivity index (χ1n) is 10.0. The van der Waals surface area contributed by atoms with Gasteiger partial charge < -0.3 is 25.0 Å². The lowest BCUT2D eigenvalue weighted by atomic mass is 10.1. The van der Waals surface area contributed by atoms with Crippen LogP contribution in [-0.2, 0) is 19.1 Å². The Kier molecular flexibility index (Phi) is 9.08. The summed E-state index contributed by atoms with van der Waals surface area (Å²) in [7, 11) is 1.58. The Balaban J connectivity index is 1.95. The predicted octanol–water partition coefficient (Wildman–Crippen LogP) is 1.66. The van der Waals surface area contributed by atoms with E-state index in [0.29, 0.717) is 50.6 Å². The van der Waals surface area contributed by atoms with E-state index >= 15 is 0 Å². The molecular formula is C21H31N3O5. The summed E-state index contributed by atoms with van der Waals surface area (Å²) >= 11 is 0. The van der Waals surface area contributed by atoms with Crippen LogP contribution in [0.5, 0.6) is 0 Å². The van der Waals surface area contributed by atoms with Crippen LogP contribution < -0.4 is 10.6 Å². The third-order valence-corrected chi connectivity index (χ3v) is 4.85. The summed E-state index contributed by atoms with van der Waals surface area (Å²) in [6.07, 6.45) is 0.874. The van der Waals surface area contributed by atoms with Crippen molar-refractivity contribution in [1.82, 2.24) is 10.2 Å². The number of hydrogen-bond acceptors (Lipinski definition) is 5. The summed E-state index contributed by atoms with van der Waals surface area (Å²) in [4.78, 5) is 39.1. The summed E-state index contributed by atoms with van der Waals surface area (Å²) in [6.45, 7) is 6.31. The lowest BCUT2D eigenvalue weighted by molar-refractivity contribution is -0.130. The second-order valence-electron chi connectivity index (χ2n) is 7.09. The topological polar surface area (TPSA) is 97.0 Å². The molecule has 0 spiro atoms. The summed E-state index contributed by atoms with van der Waals surface area (Å²) in [6, 6.07) is 6.78. The standard InChI is InChI=1S/C21H31N3O5/c1-4-29-11-7-10-22-21(27)17-8-5-6-9-18(17)23-20(26)16-12-19(25)24(13-16)15(2)14-28-3/h5-6,8-9,15-16H,4,7,10-14H2,1-3H3,(H,22,27)(H,23,26)/t15-,16+/m1/s1. The minimum absolute atomic E-state index is 0.0602. The number of benzene rings is 1. The van der Waals surface area contributed by atoms with Crippen LogP contribution in [0.25, 0.3) is 0 Å². The quantitative estimate of drug-likeness (QED) is 0.546. The van der Waals surface area contributed by atoms with Crippen molar-refractivity contribution >= 4 is 23.4 Å². The van der Waals surface area contributed by atoms with Crippen LogP contribution in [0.3, 0.4) is 0 Å². The fourth-order valence-corrected chi connectivity index (χ4v) is 3.31. The molecular weight excluding hydrogens is 374 g/mol. The van der Waals surface area contributed by atoms with Gasteiger partial charge >= 0.3 is 0 Å². The van der Waals surface area contributed by atoms with E-state index in [9.17, 15) is 14.4 Å². The van der Waals surface area contributed by atoms with E-state index in [1.54, 1.807) is 36.3 Å². The second kappa shape index (κ2) is 11.5. The first kappa shape index (κ1) is 22.8. The van der Waals surface area contributed by atoms with Crippen molar-refractivity contribution in [3.8, 4) is 0 Å². The van der Waals surface area contributed by atoms with Crippen molar-refractivity contribution in [2.75, 3.05) is 45.3 Å². The minimum atomic E-state index is -0.455. The van der Waals surface area contributed by atoms with Gasteiger partial charge in [0.15, 0.2) is 0 Å². The summed E-state index contributed by atoms with van der Waals surface area (Å²) in [5, 5.41) is 5.66. The van der Waals surface area contributed by atoms with Crippen LogP contribution in [0.15, 0.2) is 24.3 Å². The smallest absolute Gasteiger partial charge is 0.253 e. The highest BCUT2D eigenvalue weighted by Crippen LogP contribution is 2.23. The van der Waals surface area contributed by atoms with E-state index in [4.69, 9.17) is 9.47 Å². The number of methoxy groups -OCH3 is 1. The number of para-hydroxylation sites is 1. The number of anilines is 1. The zero-order chi connectivity index (χ0) is 21.2. The molecule has 2 rings (SSSR count). The Hall–Kier alpha value is -2.45. The molecule has 3 amide bonds. The van der Waals surface area contributed by atoms with Gasteiger partial charge in [0.2, 0.25) is 11.8 Å². The van der Waals surface area contributed by atoms with E-state index in [1.165, 1.54) is 0 Å². The fourth-order valence-electron chi connectivity index (χ4n) is 3.31. The van der Waals surface area contributed by atoms with Crippen LogP contribution in [0.1, 0.15) is 37.0 Å². The molecule has 160 valence electrons. The van der Waals surface area contributed by atoms with Crippen LogP contribution in [0, 0.1) is 5.92 Å². The highest BCUT2D eigenvalue weighted by molar-refractivity contribution is 6.05. The Morgan fingerprint density at radius 3 is 2.79 bits per heavy atom. The molecule has 0 aromatic heterocycles. The van der Waals surface area contributed by atoms with Gasteiger partial charge in [0, 0.05) is 39.8 Å². The number of carbonyl (C=O) groups excluding carboxylic acids is 3. The molecule has 1 heterocycles. The molecule has 0 radical (unpaired) electrons. The Morgan fingerprint density at radius 2 is 2.07 bits per heavy atom. The number of nitrogens with one attached hydrogen (secondary N) is 2. The zero-order valence-corrected chi connectivity index (χ0v) is 17.4. The van der Waals surface area contributed by atoms with Gasteiger partial charge in [-0.15, -0.1) is 0 Å². The number of carbonyl (C=O) groups is 3. The lowest BCUT2D eigenvalue weighted by Crippen LogP contribution is -2.38. The Labute approximate surface area is 171 Å². The molecule has 1 saturated heterocycles. The molecule has 2 N–H and O–H groups in total. The first-order valence-corrected chi connectivity index (χ1v) is 10.0. The van der Waals surface area contributed by atoms with Gasteiger partial charge in [0.1, 0.15) is 0 Å². The largest absolute Gasteiger partial charge is 0.383 e. The maximum Gasteiger partial charge on any atom is 0.253 e. The first-order chi connectivity index (χ1) is 14.0. The van der Waals surface area contributed by atoms with Crippen molar-refractivity contribution in [3.05, 3.63) is 29.8 Å². The number of nitrogens with zero attached hydrogens (tertiary/aromatic N) is 1. The van der Waals surface area contributed by atoms with Crippen molar-refractivity contribution in [2.24, 2.45) is 5.92 Å². The molecule has 8 nitrogen and oxygen atoms in total. The predicted molar refractivity (Wildman–Crippen MR) is 110 cm³/mol. The molecule has 1 aliphatic heterocycles. The molecule has 0 unspecified atom stereocenters. The summed E-state index contributed by atoms with van der Waals surface area (Å²) in [5.41, 5.74) is 0.835. The van der Waals surface area contributed by atoms with Gasteiger partial charge in [-0.3, -0.25) is 14.4 Å². The molecule has 0 bridgehead atoms. The van der Waals surface area contributed by atoms with Crippen molar-refractivity contribution < 1.29 is 23.9 Å². The van der Waals surface area contributed by atoms with Gasteiger partial charge in [-0.05, 0) is 32.4 Å². The number of likely N-dealkylation sites (tertiary alicyclic amines) is 1. The van der Waals surface area contributed by atoms with Gasteiger partial charge in [0.25, 0.3) is 5.91 Å². The molecule has 0 aliphatic carbocycles. The van der Waals surface area contributed by atoms with Crippen LogP contribution in [0.4, 0.5) is 5.69 Å². The lowest BCUT2D eigenvalue weighted by Gasteiger charge is -2.24. The summed E-state index contributed by atoms with van der Waals surface area (Å²) in [5.74, 6) is -1.03. The van der Waals surface area contributed by atoms with E-state index < -0.39 is 5.92 Å². The average Bonchev–Trinajstić information content (AvgIpc) is 3.10. The van der Waals surface area contributed by atoms with Gasteiger partial charge in [-0.2, -0.15) is 0 Å². The Bertz CT molecular complexity index is 709. The number of amides is 3. The van der Waals surface area contributed by atoms with Crippen molar-refractivity contribution in [2.45, 2.75) is 32.7 Å². The average molecular weight is 405 g/mol. The third kappa shape index (κ3) is 6.54. The van der Waals surface area contributed by atoms with Crippen LogP contribution in [-0.4, -0.2) is 68.7 Å². The maximum atomic E-state index is 12.7. The van der Waals surface area contributed by atoms with Crippen LogP contribution >= 0.6 is 0 Å². The van der Waals surface area contributed by atoms with E-state index in [0.717, 1.165) is 0 Å². The number of ether oxygens (including phenoxy) is 2. The normalized spacial score (nSPS) is 17.3. The SMILES string of the molecule is CCOCCCNC(=O)c1ccccc1NC(=O)[C@H]1CC(=O)N([C@H](C)COC)C1. The Morgan fingerprint density at radius 1 is 1.31 bits per heavy atom. The van der Waals surface area contributed by atoms with Gasteiger partial charge in [0.05, 0.1) is 29.8 Å². The monoisotopic (exact) mass is 405 g/mol. The van der Waals surface area contributed by atoms with Crippen molar-refractivity contribution in [1.29, 1.82) is 0 Å². The van der Waals surface area contributed by atoms with E-state index in [2.05, 4.69) is 10.6 Å². The van der Waals surface area contributed by atoms with Crippen molar-refractivity contribution in [3.63, 3.8) is 0 Å². The molecule has 2 atom stereocenters. The molecule has 1 aliphatic rings. The highest BCUT2D eigenvalue weighted by atomic mass is 16.5. The second-order valence-corrected chi connectivity index (χ2v) is 7.09. The highest BCUT2D eigenvalue weighted by Gasteiger charge is 2.36. The van der Waals surface area contributed by atoms with Gasteiger partial charge in [-0.25, -0.2) is 0 Å².